The quantitative estimate of drug-likeness (QED) is 0.0205. The summed E-state index contributed by atoms with van der Waals surface area (Å²) in [6.45, 7) is 6.99. The highest BCUT2D eigenvalue weighted by Gasteiger charge is 2.30. The molecule has 0 spiro atoms. The van der Waals surface area contributed by atoms with Crippen molar-refractivity contribution >= 4 is 19.7 Å². The zero-order valence-electron chi connectivity index (χ0n) is 47.5. The van der Waals surface area contributed by atoms with Crippen molar-refractivity contribution in [2.45, 2.75) is 290 Å². The molecule has 0 aliphatic rings. The van der Waals surface area contributed by atoms with Crippen LogP contribution >= 0.6 is 7.82 Å². The standard InChI is InChI=1S/C61H115N2O7P/c1-7-10-13-16-19-22-25-28-30-31-32-33-34-36-39-42-45-48-51-54-61(65)70-59(52-49-46-43-40-37-27-24-21-18-15-12-9-3)58(57-69-71(66,67)68-56-55-63(4,5)6)62-60(64)53-50-47-44-41-38-35-29-26-23-20-17-14-11-8-2/h19,22,28,30,32-33,49,52,58-59H,7-18,20-21,23-27,29,31,34-48,50-51,53-57H2,1-6H3,(H-,62,64,66,67)/p+1/b22-19-,30-28-,33-32-,52-49+. The Balaban J connectivity index is 5.31. The number of hydrogen-bond acceptors (Lipinski definition) is 6. The molecule has 0 rings (SSSR count). The Bertz CT molecular complexity index is 1360. The van der Waals surface area contributed by atoms with Crippen molar-refractivity contribution in [3.8, 4) is 0 Å². The molecule has 10 heteroatoms. The minimum absolute atomic E-state index is 0.0389. The molecule has 71 heavy (non-hydrogen) atoms. The molecular formula is C61H116N2O7P+. The SMILES string of the molecule is CCCCC/C=C\C/C=C\C/C=C\CCCCCCCCC(=O)OC(/C=C/CCCCCCCCCCCC)C(COP(=O)(O)OCC[N+](C)(C)C)NC(=O)CCCCCCCCCCCCCCCC. The topological polar surface area (TPSA) is 111 Å². The third-order valence-electron chi connectivity index (χ3n) is 13.3. The number of quaternary nitrogens is 1. The van der Waals surface area contributed by atoms with E-state index in [4.69, 9.17) is 13.8 Å². The molecule has 0 aromatic carbocycles. The lowest BCUT2D eigenvalue weighted by Crippen LogP contribution is -2.47. The van der Waals surface area contributed by atoms with E-state index in [0.29, 0.717) is 17.4 Å². The fourth-order valence-corrected chi connectivity index (χ4v) is 9.33. The maximum atomic E-state index is 13.5. The summed E-state index contributed by atoms with van der Waals surface area (Å²) >= 11 is 0. The molecule has 0 radical (unpaired) electrons. The molecule has 0 heterocycles. The highest BCUT2D eigenvalue weighted by Crippen LogP contribution is 2.43. The molecule has 2 N–H and O–H groups in total. The smallest absolute Gasteiger partial charge is 0.456 e. The molecule has 3 atom stereocenters. The fraction of sp³-hybridized carbons (Fsp3) is 0.836. The molecule has 0 aliphatic carbocycles. The summed E-state index contributed by atoms with van der Waals surface area (Å²) in [5, 5.41) is 3.05. The van der Waals surface area contributed by atoms with Crippen molar-refractivity contribution in [1.29, 1.82) is 0 Å². The first-order valence-corrected chi connectivity index (χ1v) is 31.5. The third-order valence-corrected chi connectivity index (χ3v) is 14.3. The minimum Gasteiger partial charge on any atom is -0.456 e. The van der Waals surface area contributed by atoms with E-state index in [1.165, 1.54) is 161 Å². The van der Waals surface area contributed by atoms with Gasteiger partial charge in [-0.05, 0) is 70.3 Å². The number of rotatable bonds is 54. The van der Waals surface area contributed by atoms with Crippen molar-refractivity contribution in [3.63, 3.8) is 0 Å². The summed E-state index contributed by atoms with van der Waals surface area (Å²) in [6.07, 6.45) is 62.4. The van der Waals surface area contributed by atoms with Crippen LogP contribution in [0.15, 0.2) is 48.6 Å². The van der Waals surface area contributed by atoms with Gasteiger partial charge in [-0.3, -0.25) is 18.6 Å². The van der Waals surface area contributed by atoms with Gasteiger partial charge in [0.2, 0.25) is 5.91 Å². The van der Waals surface area contributed by atoms with Crippen LogP contribution in [-0.2, 0) is 27.9 Å². The second-order valence-corrected chi connectivity index (χ2v) is 23.0. The van der Waals surface area contributed by atoms with E-state index in [2.05, 4.69) is 62.5 Å². The molecule has 416 valence electrons. The number of unbranched alkanes of at least 4 members (excludes halogenated alkanes) is 32. The first-order valence-electron chi connectivity index (χ1n) is 30.0. The molecule has 3 unspecified atom stereocenters. The van der Waals surface area contributed by atoms with Crippen molar-refractivity contribution in [3.05, 3.63) is 48.6 Å². The molecule has 0 aromatic rings. The van der Waals surface area contributed by atoms with Crippen LogP contribution in [0.25, 0.3) is 0 Å². The number of ether oxygens (including phenoxy) is 1. The number of hydrogen-bond donors (Lipinski definition) is 2. The lowest BCUT2D eigenvalue weighted by atomic mass is 10.0. The average Bonchev–Trinajstić information content (AvgIpc) is 3.33. The first-order chi connectivity index (χ1) is 34.4. The van der Waals surface area contributed by atoms with E-state index < -0.39 is 20.0 Å². The lowest BCUT2D eigenvalue weighted by molar-refractivity contribution is -0.870. The van der Waals surface area contributed by atoms with E-state index in [1.807, 2.05) is 33.3 Å². The maximum Gasteiger partial charge on any atom is 0.472 e. The van der Waals surface area contributed by atoms with Gasteiger partial charge in [-0.25, -0.2) is 4.57 Å². The number of esters is 1. The second-order valence-electron chi connectivity index (χ2n) is 21.5. The summed E-state index contributed by atoms with van der Waals surface area (Å²) in [5.41, 5.74) is 0. The molecule has 0 bridgehead atoms. The number of allylic oxidation sites excluding steroid dienone is 7. The minimum atomic E-state index is -4.44. The molecule has 0 aliphatic heterocycles. The third kappa shape index (κ3) is 52.6. The van der Waals surface area contributed by atoms with Gasteiger partial charge >= 0.3 is 13.8 Å². The zero-order chi connectivity index (χ0) is 52.2. The largest absolute Gasteiger partial charge is 0.472 e. The van der Waals surface area contributed by atoms with Gasteiger partial charge in [0.25, 0.3) is 0 Å². The Kier molecular flexibility index (Phi) is 50.0. The van der Waals surface area contributed by atoms with E-state index in [0.717, 1.165) is 83.5 Å². The van der Waals surface area contributed by atoms with Gasteiger partial charge in [-0.15, -0.1) is 0 Å². The van der Waals surface area contributed by atoms with Gasteiger partial charge in [-0.2, -0.15) is 0 Å². The van der Waals surface area contributed by atoms with Crippen molar-refractivity contribution in [2.24, 2.45) is 0 Å². The normalized spacial score (nSPS) is 14.1. The van der Waals surface area contributed by atoms with Gasteiger partial charge in [0.15, 0.2) is 0 Å². The number of carbonyl (C=O) groups is 2. The summed E-state index contributed by atoms with van der Waals surface area (Å²) in [4.78, 5) is 37.6. The average molecular weight is 1020 g/mol. The molecular weight excluding hydrogens is 904 g/mol. The van der Waals surface area contributed by atoms with Gasteiger partial charge in [0, 0.05) is 12.8 Å². The summed E-state index contributed by atoms with van der Waals surface area (Å²) in [5.74, 6) is -0.512. The second kappa shape index (κ2) is 51.5. The van der Waals surface area contributed by atoms with Gasteiger partial charge in [0.05, 0.1) is 33.8 Å². The van der Waals surface area contributed by atoms with E-state index in [1.54, 1.807) is 0 Å². The van der Waals surface area contributed by atoms with E-state index >= 15 is 0 Å². The number of nitrogens with one attached hydrogen (secondary N) is 1. The number of phosphoric ester groups is 1. The molecule has 9 nitrogen and oxygen atoms in total. The van der Waals surface area contributed by atoms with Crippen molar-refractivity contribution in [1.82, 2.24) is 5.32 Å². The fourth-order valence-electron chi connectivity index (χ4n) is 8.59. The van der Waals surface area contributed by atoms with Crippen LogP contribution in [0.3, 0.4) is 0 Å². The van der Waals surface area contributed by atoms with Crippen LogP contribution in [0.1, 0.15) is 278 Å². The Hall–Kier alpha value is -2.03. The molecule has 0 saturated carbocycles. The zero-order valence-corrected chi connectivity index (χ0v) is 48.4. The molecule has 0 aromatic heterocycles. The van der Waals surface area contributed by atoms with Crippen LogP contribution in [0.5, 0.6) is 0 Å². The predicted octanol–water partition coefficient (Wildman–Crippen LogP) is 18.1. The Morgan fingerprint density at radius 1 is 0.493 bits per heavy atom. The summed E-state index contributed by atoms with van der Waals surface area (Å²) in [7, 11) is 1.49. The van der Waals surface area contributed by atoms with Crippen molar-refractivity contribution < 1.29 is 37.3 Å². The van der Waals surface area contributed by atoms with Gasteiger partial charge in [-0.1, -0.05) is 243 Å². The van der Waals surface area contributed by atoms with E-state index in [9.17, 15) is 19.0 Å². The number of amides is 1. The molecule has 0 saturated heterocycles. The van der Waals surface area contributed by atoms with Gasteiger partial charge in [0.1, 0.15) is 19.3 Å². The number of nitrogens with zero attached hydrogens (tertiary/aromatic N) is 1. The van der Waals surface area contributed by atoms with Crippen LogP contribution in [-0.4, -0.2) is 74.3 Å². The Morgan fingerprint density at radius 2 is 0.859 bits per heavy atom. The lowest BCUT2D eigenvalue weighted by Gasteiger charge is -2.27. The highest BCUT2D eigenvalue weighted by molar-refractivity contribution is 7.47. The van der Waals surface area contributed by atoms with Crippen LogP contribution < -0.4 is 5.32 Å². The monoisotopic (exact) mass is 1020 g/mol. The maximum absolute atomic E-state index is 13.5. The number of likely N-dealkylation sites (N-methyl/N-ethyl adjacent to an activating group) is 1. The van der Waals surface area contributed by atoms with Crippen LogP contribution in [0.4, 0.5) is 0 Å². The van der Waals surface area contributed by atoms with Crippen LogP contribution in [0, 0.1) is 0 Å². The summed E-state index contributed by atoms with van der Waals surface area (Å²) in [6, 6.07) is -0.850. The number of phosphoric acid groups is 1. The summed E-state index contributed by atoms with van der Waals surface area (Å²) < 4.78 is 30.6. The van der Waals surface area contributed by atoms with Crippen LogP contribution in [0.2, 0.25) is 0 Å². The number of carbonyl (C=O) groups excluding carboxylic acids is 2. The molecule has 1 amide bonds. The first kappa shape index (κ1) is 69.0. The highest BCUT2D eigenvalue weighted by atomic mass is 31.2. The van der Waals surface area contributed by atoms with Gasteiger partial charge < -0.3 is 19.4 Å². The van der Waals surface area contributed by atoms with E-state index in [-0.39, 0.29) is 31.5 Å². The Morgan fingerprint density at radius 3 is 1.31 bits per heavy atom. The predicted molar refractivity (Wildman–Crippen MR) is 305 cm³/mol. The molecule has 0 fully saturated rings. The Labute approximate surface area is 439 Å². The van der Waals surface area contributed by atoms with Crippen molar-refractivity contribution in [2.75, 3.05) is 40.9 Å².